The van der Waals surface area contributed by atoms with Gasteiger partial charge in [0.1, 0.15) is 11.8 Å². The highest BCUT2D eigenvalue weighted by Crippen LogP contribution is 2.22. The van der Waals surface area contributed by atoms with Gasteiger partial charge in [-0.05, 0) is 12.8 Å². The van der Waals surface area contributed by atoms with Crippen LogP contribution in [0.5, 0.6) is 5.19 Å². The summed E-state index contributed by atoms with van der Waals surface area (Å²) in [6.07, 6.45) is 2.45. The normalized spacial score (nSPS) is 22.1. The fourth-order valence-electron chi connectivity index (χ4n) is 1.25. The van der Waals surface area contributed by atoms with E-state index in [1.165, 1.54) is 11.3 Å². The molecule has 0 saturated carbocycles. The van der Waals surface area contributed by atoms with Gasteiger partial charge >= 0.3 is 0 Å². The molecule has 0 N–H and O–H groups in total. The molecule has 3 nitrogen and oxygen atoms in total. The number of aromatic nitrogens is 1. The molecule has 1 saturated heterocycles. The summed E-state index contributed by atoms with van der Waals surface area (Å²) in [7, 11) is 0. The summed E-state index contributed by atoms with van der Waals surface area (Å²) < 4.78 is 10.8. The summed E-state index contributed by atoms with van der Waals surface area (Å²) >= 11 is 7.06. The predicted molar refractivity (Wildman–Crippen MR) is 51.6 cm³/mol. The lowest BCUT2D eigenvalue weighted by Gasteiger charge is -2.08. The van der Waals surface area contributed by atoms with Crippen LogP contribution in [-0.2, 0) is 4.74 Å². The van der Waals surface area contributed by atoms with Crippen molar-refractivity contribution in [2.24, 2.45) is 0 Å². The minimum atomic E-state index is 0.239. The van der Waals surface area contributed by atoms with Crippen LogP contribution in [0.4, 0.5) is 0 Å². The molecule has 1 aromatic heterocycles. The molecule has 1 aliphatic heterocycles. The summed E-state index contributed by atoms with van der Waals surface area (Å²) in [5, 5.41) is 2.87. The fraction of sp³-hybridized carbons (Fsp3) is 0.625. The number of thiazole rings is 1. The van der Waals surface area contributed by atoms with Crippen LogP contribution in [-0.4, -0.2) is 24.3 Å². The van der Waals surface area contributed by atoms with Crippen LogP contribution in [0.3, 0.4) is 0 Å². The van der Waals surface area contributed by atoms with E-state index >= 15 is 0 Å². The van der Waals surface area contributed by atoms with Gasteiger partial charge in [0.05, 0.1) is 6.10 Å². The van der Waals surface area contributed by atoms with E-state index in [1.54, 1.807) is 5.38 Å². The van der Waals surface area contributed by atoms with E-state index in [-0.39, 0.29) is 6.10 Å². The maximum absolute atomic E-state index is 5.64. The Morgan fingerprint density at radius 1 is 1.77 bits per heavy atom. The van der Waals surface area contributed by atoms with Crippen molar-refractivity contribution in [3.05, 3.63) is 10.5 Å². The van der Waals surface area contributed by atoms with Gasteiger partial charge in [-0.2, -0.15) is 4.98 Å². The van der Waals surface area contributed by atoms with E-state index in [2.05, 4.69) is 4.98 Å². The molecule has 0 bridgehead atoms. The second kappa shape index (κ2) is 4.26. The summed E-state index contributed by atoms with van der Waals surface area (Å²) in [6, 6.07) is 0. The molecular weight excluding hydrogens is 210 g/mol. The zero-order valence-electron chi connectivity index (χ0n) is 7.03. The molecule has 5 heteroatoms. The van der Waals surface area contributed by atoms with Crippen molar-refractivity contribution in [2.75, 3.05) is 13.2 Å². The zero-order chi connectivity index (χ0) is 9.10. The topological polar surface area (TPSA) is 31.4 Å². The van der Waals surface area contributed by atoms with Gasteiger partial charge in [0.25, 0.3) is 5.19 Å². The lowest BCUT2D eigenvalue weighted by Crippen LogP contribution is -2.16. The Bertz CT molecular complexity index is 273. The lowest BCUT2D eigenvalue weighted by molar-refractivity contribution is 0.0678. The van der Waals surface area contributed by atoms with Crippen molar-refractivity contribution in [1.82, 2.24) is 4.98 Å². The van der Waals surface area contributed by atoms with Crippen LogP contribution in [0.2, 0.25) is 5.15 Å². The largest absolute Gasteiger partial charge is 0.467 e. The van der Waals surface area contributed by atoms with Gasteiger partial charge in [0, 0.05) is 12.0 Å². The maximum Gasteiger partial charge on any atom is 0.274 e. The van der Waals surface area contributed by atoms with E-state index in [1.807, 2.05) is 0 Å². The number of halogens is 1. The highest BCUT2D eigenvalue weighted by molar-refractivity contribution is 7.11. The van der Waals surface area contributed by atoms with E-state index in [0.29, 0.717) is 17.0 Å². The van der Waals surface area contributed by atoms with Gasteiger partial charge < -0.3 is 9.47 Å². The van der Waals surface area contributed by atoms with E-state index in [4.69, 9.17) is 21.1 Å². The molecule has 2 rings (SSSR count). The molecule has 0 spiro atoms. The monoisotopic (exact) mass is 219 g/mol. The van der Waals surface area contributed by atoms with Gasteiger partial charge in [0.15, 0.2) is 0 Å². The third-order valence-electron chi connectivity index (χ3n) is 1.87. The summed E-state index contributed by atoms with van der Waals surface area (Å²) in [4.78, 5) is 3.98. The minimum absolute atomic E-state index is 0.239. The Morgan fingerprint density at radius 3 is 3.31 bits per heavy atom. The first-order chi connectivity index (χ1) is 6.34. The van der Waals surface area contributed by atoms with Gasteiger partial charge in [-0.3, -0.25) is 0 Å². The fourth-order valence-corrected chi connectivity index (χ4v) is 2.04. The van der Waals surface area contributed by atoms with E-state index in [0.717, 1.165) is 19.4 Å². The first kappa shape index (κ1) is 9.24. The van der Waals surface area contributed by atoms with Crippen molar-refractivity contribution < 1.29 is 9.47 Å². The second-order valence-electron chi connectivity index (χ2n) is 2.88. The van der Waals surface area contributed by atoms with Crippen LogP contribution < -0.4 is 4.74 Å². The molecule has 1 fully saturated rings. The maximum atomic E-state index is 5.64. The van der Waals surface area contributed by atoms with Crippen LogP contribution >= 0.6 is 22.9 Å². The summed E-state index contributed by atoms with van der Waals surface area (Å²) in [6.45, 7) is 1.44. The van der Waals surface area contributed by atoms with Gasteiger partial charge in [-0.1, -0.05) is 22.9 Å². The highest BCUT2D eigenvalue weighted by atomic mass is 35.5. The Labute approximate surface area is 85.6 Å². The highest BCUT2D eigenvalue weighted by Gasteiger charge is 2.16. The van der Waals surface area contributed by atoms with E-state index < -0.39 is 0 Å². The smallest absolute Gasteiger partial charge is 0.274 e. The van der Waals surface area contributed by atoms with Crippen molar-refractivity contribution in [3.8, 4) is 5.19 Å². The van der Waals surface area contributed by atoms with Crippen LogP contribution in [0, 0.1) is 0 Å². The van der Waals surface area contributed by atoms with Gasteiger partial charge in [-0.25, -0.2) is 0 Å². The third kappa shape index (κ3) is 2.56. The Hall–Kier alpha value is -0.320. The van der Waals surface area contributed by atoms with E-state index in [9.17, 15) is 0 Å². The van der Waals surface area contributed by atoms with Gasteiger partial charge in [0.2, 0.25) is 0 Å². The number of hydrogen-bond donors (Lipinski definition) is 0. The number of rotatable bonds is 3. The average molecular weight is 220 g/mol. The molecule has 1 aromatic rings. The second-order valence-corrected chi connectivity index (χ2v) is 4.09. The molecule has 1 atom stereocenters. The molecule has 1 aliphatic rings. The molecule has 0 amide bonds. The van der Waals surface area contributed by atoms with Crippen molar-refractivity contribution in [2.45, 2.75) is 18.9 Å². The molecule has 2 heterocycles. The SMILES string of the molecule is Clc1csc(OCC2CCCO2)n1. The lowest BCUT2D eigenvalue weighted by atomic mass is 10.2. The first-order valence-corrected chi connectivity index (χ1v) is 5.46. The van der Waals surface area contributed by atoms with Crippen molar-refractivity contribution in [3.63, 3.8) is 0 Å². The Balaban J connectivity index is 1.78. The van der Waals surface area contributed by atoms with Crippen LogP contribution in [0.15, 0.2) is 5.38 Å². The molecular formula is C8H10ClNO2S. The number of nitrogens with zero attached hydrogens (tertiary/aromatic N) is 1. The Kier molecular flexibility index (Phi) is 3.03. The average Bonchev–Trinajstić information content (AvgIpc) is 2.71. The molecule has 72 valence electrons. The first-order valence-electron chi connectivity index (χ1n) is 4.20. The summed E-state index contributed by atoms with van der Waals surface area (Å²) in [5.74, 6) is 0. The van der Waals surface area contributed by atoms with Crippen LogP contribution in [0.25, 0.3) is 0 Å². The van der Waals surface area contributed by atoms with Crippen LogP contribution in [0.1, 0.15) is 12.8 Å². The summed E-state index contributed by atoms with van der Waals surface area (Å²) in [5.41, 5.74) is 0. The number of hydrogen-bond acceptors (Lipinski definition) is 4. The Morgan fingerprint density at radius 2 is 2.69 bits per heavy atom. The minimum Gasteiger partial charge on any atom is -0.467 e. The third-order valence-corrected chi connectivity index (χ3v) is 2.95. The van der Waals surface area contributed by atoms with Gasteiger partial charge in [-0.15, -0.1) is 0 Å². The molecule has 13 heavy (non-hydrogen) atoms. The molecule has 1 unspecified atom stereocenters. The standard InChI is InChI=1S/C8H10ClNO2S/c9-7-5-13-8(10-7)12-4-6-2-1-3-11-6/h5-6H,1-4H2. The quantitative estimate of drug-likeness (QED) is 0.782. The molecule has 0 aliphatic carbocycles. The molecule has 0 aromatic carbocycles. The van der Waals surface area contributed by atoms with Crippen molar-refractivity contribution in [1.29, 1.82) is 0 Å². The zero-order valence-corrected chi connectivity index (χ0v) is 8.61. The molecule has 0 radical (unpaired) electrons. The number of ether oxygens (including phenoxy) is 2. The van der Waals surface area contributed by atoms with Crippen molar-refractivity contribution >= 4 is 22.9 Å². The predicted octanol–water partition coefficient (Wildman–Crippen LogP) is 2.35.